The Morgan fingerprint density at radius 1 is 1.00 bits per heavy atom. The minimum Gasteiger partial charge on any atom is -0.324 e. The highest BCUT2D eigenvalue weighted by molar-refractivity contribution is 5.36. The Kier molecular flexibility index (Phi) is 1.44. The predicted molar refractivity (Wildman–Crippen MR) is 44.9 cm³/mol. The van der Waals surface area contributed by atoms with Gasteiger partial charge in [-0.3, -0.25) is 0 Å². The number of nitrogens with two attached hydrogens (primary N) is 2. The molecule has 0 fully saturated rings. The topological polar surface area (TPSA) is 52.0 Å². The third kappa shape index (κ3) is 0.951. The first-order chi connectivity index (χ1) is 5.29. The van der Waals surface area contributed by atoms with Gasteiger partial charge in [0.15, 0.2) is 0 Å². The molecule has 2 heteroatoms. The molecule has 0 saturated heterocycles. The van der Waals surface area contributed by atoms with Gasteiger partial charge >= 0.3 is 0 Å². The molecule has 0 aromatic heterocycles. The van der Waals surface area contributed by atoms with Crippen molar-refractivity contribution >= 4 is 0 Å². The molecule has 0 heterocycles. The maximum absolute atomic E-state index is 5.86. The summed E-state index contributed by atoms with van der Waals surface area (Å²) in [5, 5.41) is 0. The van der Waals surface area contributed by atoms with Gasteiger partial charge in [0, 0.05) is 12.1 Å². The molecule has 58 valence electrons. The second-order valence-corrected chi connectivity index (χ2v) is 3.08. The Labute approximate surface area is 66.2 Å². The molecule has 0 bridgehead atoms. The highest BCUT2D eigenvalue weighted by Crippen LogP contribution is 2.34. The van der Waals surface area contributed by atoms with E-state index in [1.165, 1.54) is 11.1 Å². The zero-order valence-corrected chi connectivity index (χ0v) is 6.33. The maximum atomic E-state index is 5.86. The van der Waals surface area contributed by atoms with Crippen LogP contribution in [0.25, 0.3) is 0 Å². The molecule has 0 amide bonds. The normalized spacial score (nSPS) is 28.5. The molecule has 2 atom stereocenters. The van der Waals surface area contributed by atoms with E-state index in [0.717, 1.165) is 6.42 Å². The molecule has 0 unspecified atom stereocenters. The van der Waals surface area contributed by atoms with E-state index in [2.05, 4.69) is 12.1 Å². The van der Waals surface area contributed by atoms with Crippen LogP contribution in [0.4, 0.5) is 0 Å². The first-order valence-corrected chi connectivity index (χ1v) is 3.89. The zero-order chi connectivity index (χ0) is 7.84. The van der Waals surface area contributed by atoms with E-state index in [1.807, 2.05) is 12.1 Å². The van der Waals surface area contributed by atoms with E-state index in [4.69, 9.17) is 11.5 Å². The lowest BCUT2D eigenvalue weighted by molar-refractivity contribution is 0.621. The van der Waals surface area contributed by atoms with E-state index in [-0.39, 0.29) is 12.1 Å². The average Bonchev–Trinajstić information content (AvgIpc) is 2.30. The van der Waals surface area contributed by atoms with Crippen LogP contribution in [-0.4, -0.2) is 0 Å². The average molecular weight is 148 g/mol. The molecule has 4 N–H and O–H groups in total. The molecule has 0 spiro atoms. The molecule has 0 saturated carbocycles. The van der Waals surface area contributed by atoms with Crippen molar-refractivity contribution in [3.8, 4) is 0 Å². The standard InChI is InChI=1S/C9H12N2/c10-8-5-9(11)7-4-2-1-3-6(7)8/h1-4,8-9H,5,10-11H2/t8-,9-/m1/s1. The van der Waals surface area contributed by atoms with Crippen molar-refractivity contribution in [3.05, 3.63) is 35.4 Å². The number of rotatable bonds is 0. The van der Waals surface area contributed by atoms with Crippen molar-refractivity contribution in [1.29, 1.82) is 0 Å². The second kappa shape index (κ2) is 2.32. The summed E-state index contributed by atoms with van der Waals surface area (Å²) in [5.74, 6) is 0. The fraction of sp³-hybridized carbons (Fsp3) is 0.333. The summed E-state index contributed by atoms with van der Waals surface area (Å²) in [6, 6.07) is 8.45. The Bertz CT molecular complexity index is 243. The third-order valence-corrected chi connectivity index (χ3v) is 2.30. The van der Waals surface area contributed by atoms with E-state index in [0.29, 0.717) is 0 Å². The first kappa shape index (κ1) is 6.83. The lowest BCUT2D eigenvalue weighted by atomic mass is 10.1. The smallest absolute Gasteiger partial charge is 0.0316 e. The van der Waals surface area contributed by atoms with E-state index in [9.17, 15) is 0 Å². The van der Waals surface area contributed by atoms with Crippen LogP contribution in [0.5, 0.6) is 0 Å². The molecule has 1 aliphatic rings. The third-order valence-electron chi connectivity index (χ3n) is 2.30. The highest BCUT2D eigenvalue weighted by Gasteiger charge is 2.24. The molecule has 1 aromatic carbocycles. The van der Waals surface area contributed by atoms with Crippen LogP contribution in [0.1, 0.15) is 29.6 Å². The molecule has 2 nitrogen and oxygen atoms in total. The minimum absolute atomic E-state index is 0.154. The predicted octanol–water partition coefficient (Wildman–Crippen LogP) is 1.09. The van der Waals surface area contributed by atoms with Crippen LogP contribution < -0.4 is 11.5 Å². The zero-order valence-electron chi connectivity index (χ0n) is 6.33. The van der Waals surface area contributed by atoms with Crippen LogP contribution in [0.15, 0.2) is 24.3 Å². The Hall–Kier alpha value is -0.860. The lowest BCUT2D eigenvalue weighted by Gasteiger charge is -2.01. The van der Waals surface area contributed by atoms with Crippen molar-refractivity contribution in [2.75, 3.05) is 0 Å². The van der Waals surface area contributed by atoms with Gasteiger partial charge in [-0.25, -0.2) is 0 Å². The monoisotopic (exact) mass is 148 g/mol. The van der Waals surface area contributed by atoms with Crippen molar-refractivity contribution in [2.24, 2.45) is 11.5 Å². The number of fused-ring (bicyclic) bond motifs is 1. The van der Waals surface area contributed by atoms with Gasteiger partial charge in [0.2, 0.25) is 0 Å². The molecule has 2 rings (SSSR count). The molecule has 1 aromatic rings. The number of benzene rings is 1. The van der Waals surface area contributed by atoms with Crippen LogP contribution in [0.2, 0.25) is 0 Å². The van der Waals surface area contributed by atoms with E-state index in [1.54, 1.807) is 0 Å². The SMILES string of the molecule is N[C@@H]1C[C@@H](N)c2ccccc21. The van der Waals surface area contributed by atoms with Crippen molar-refractivity contribution in [2.45, 2.75) is 18.5 Å². The van der Waals surface area contributed by atoms with Crippen LogP contribution >= 0.6 is 0 Å². The van der Waals surface area contributed by atoms with Crippen LogP contribution in [0.3, 0.4) is 0 Å². The van der Waals surface area contributed by atoms with Gasteiger partial charge in [-0.1, -0.05) is 24.3 Å². The second-order valence-electron chi connectivity index (χ2n) is 3.08. The summed E-state index contributed by atoms with van der Waals surface area (Å²) in [6.07, 6.45) is 0.888. The Balaban J connectivity index is 2.52. The molecule has 0 radical (unpaired) electrons. The van der Waals surface area contributed by atoms with Crippen molar-refractivity contribution in [1.82, 2.24) is 0 Å². The Morgan fingerprint density at radius 2 is 1.45 bits per heavy atom. The van der Waals surface area contributed by atoms with Crippen LogP contribution in [0, 0.1) is 0 Å². The van der Waals surface area contributed by atoms with Crippen molar-refractivity contribution < 1.29 is 0 Å². The highest BCUT2D eigenvalue weighted by atomic mass is 14.7. The van der Waals surface area contributed by atoms with E-state index < -0.39 is 0 Å². The maximum Gasteiger partial charge on any atom is 0.0316 e. The van der Waals surface area contributed by atoms with Gasteiger partial charge in [0.1, 0.15) is 0 Å². The quantitative estimate of drug-likeness (QED) is 0.578. The summed E-state index contributed by atoms with van der Waals surface area (Å²) >= 11 is 0. The van der Waals surface area contributed by atoms with Gasteiger partial charge < -0.3 is 11.5 Å². The molecule has 0 aliphatic heterocycles. The summed E-state index contributed by atoms with van der Waals surface area (Å²) in [4.78, 5) is 0. The molecular weight excluding hydrogens is 136 g/mol. The van der Waals surface area contributed by atoms with Gasteiger partial charge in [-0.05, 0) is 17.5 Å². The van der Waals surface area contributed by atoms with Gasteiger partial charge in [0.25, 0.3) is 0 Å². The van der Waals surface area contributed by atoms with E-state index >= 15 is 0 Å². The molecule has 11 heavy (non-hydrogen) atoms. The van der Waals surface area contributed by atoms with Gasteiger partial charge in [-0.2, -0.15) is 0 Å². The lowest BCUT2D eigenvalue weighted by Crippen LogP contribution is -2.08. The molecule has 1 aliphatic carbocycles. The van der Waals surface area contributed by atoms with Gasteiger partial charge in [0.05, 0.1) is 0 Å². The summed E-state index contributed by atoms with van der Waals surface area (Å²) in [6.45, 7) is 0. The van der Waals surface area contributed by atoms with Crippen LogP contribution in [-0.2, 0) is 0 Å². The fourth-order valence-electron chi connectivity index (χ4n) is 1.71. The summed E-state index contributed by atoms with van der Waals surface area (Å²) < 4.78 is 0. The molecular formula is C9H12N2. The number of hydrogen-bond donors (Lipinski definition) is 2. The van der Waals surface area contributed by atoms with Crippen molar-refractivity contribution in [3.63, 3.8) is 0 Å². The first-order valence-electron chi connectivity index (χ1n) is 3.89. The number of hydrogen-bond acceptors (Lipinski definition) is 2. The Morgan fingerprint density at radius 3 is 1.91 bits per heavy atom. The largest absolute Gasteiger partial charge is 0.324 e. The fourth-order valence-corrected chi connectivity index (χ4v) is 1.71. The summed E-state index contributed by atoms with van der Waals surface area (Å²) in [7, 11) is 0. The van der Waals surface area contributed by atoms with Gasteiger partial charge in [-0.15, -0.1) is 0 Å². The summed E-state index contributed by atoms with van der Waals surface area (Å²) in [5.41, 5.74) is 14.2. The minimum atomic E-state index is 0.154.